The van der Waals surface area contributed by atoms with Gasteiger partial charge in [-0.2, -0.15) is 0 Å². The molecule has 1 heterocycles. The molecule has 6 heteroatoms. The van der Waals surface area contributed by atoms with Crippen molar-refractivity contribution in [2.24, 2.45) is 0 Å². The van der Waals surface area contributed by atoms with Crippen molar-refractivity contribution in [1.29, 1.82) is 0 Å². The van der Waals surface area contributed by atoms with E-state index >= 15 is 0 Å². The number of rotatable bonds is 12. The number of H-pyrrole nitrogens is 1. The molecule has 1 aromatic heterocycles. The smallest absolute Gasteiger partial charge is 0.260 e. The van der Waals surface area contributed by atoms with Crippen LogP contribution in [0.5, 0.6) is 5.75 Å². The number of carbonyl (C=O) groups excluding carboxylic acids is 2. The van der Waals surface area contributed by atoms with Gasteiger partial charge in [0.25, 0.3) is 5.91 Å². The van der Waals surface area contributed by atoms with Gasteiger partial charge in [-0.1, -0.05) is 73.2 Å². The van der Waals surface area contributed by atoms with E-state index in [0.717, 1.165) is 23.9 Å². The van der Waals surface area contributed by atoms with Gasteiger partial charge in [-0.15, -0.1) is 0 Å². The molecule has 0 aliphatic carbocycles. The lowest BCUT2D eigenvalue weighted by molar-refractivity contribution is -0.142. The molecular formula is C31H35N3O3. The molecule has 0 atom stereocenters. The van der Waals surface area contributed by atoms with Crippen LogP contribution >= 0.6 is 0 Å². The molecule has 1 N–H and O–H groups in total. The van der Waals surface area contributed by atoms with Crippen molar-refractivity contribution < 1.29 is 14.3 Å². The Morgan fingerprint density at radius 1 is 0.838 bits per heavy atom. The third-order valence-electron chi connectivity index (χ3n) is 6.45. The first-order valence-corrected chi connectivity index (χ1v) is 12.9. The lowest BCUT2D eigenvalue weighted by Gasteiger charge is -2.28. The summed E-state index contributed by atoms with van der Waals surface area (Å²) in [5.41, 5.74) is 4.51. The summed E-state index contributed by atoms with van der Waals surface area (Å²) in [6.45, 7) is 5.55. The quantitative estimate of drug-likeness (QED) is 0.286. The van der Waals surface area contributed by atoms with Gasteiger partial charge in [-0.05, 0) is 49.1 Å². The zero-order chi connectivity index (χ0) is 26.0. The number of hydrogen-bond donors (Lipinski definition) is 1. The Hall–Kier alpha value is -4.06. The molecule has 0 aliphatic rings. The number of nitrogens with zero attached hydrogens (tertiary/aromatic N) is 2. The first-order chi connectivity index (χ1) is 18.0. The van der Waals surface area contributed by atoms with Crippen LogP contribution in [0.15, 0.2) is 85.1 Å². The largest absolute Gasteiger partial charge is 0.484 e. The number of hydrogen-bond acceptors (Lipinski definition) is 3. The van der Waals surface area contributed by atoms with Crippen LogP contribution in [0.4, 0.5) is 0 Å². The number of para-hydroxylation sites is 2. The standard InChI is InChI=1S/C31H35N3O3/c1-3-18-33(31(36)23-37-27-9-5-4-6-10-27)22-30(35)34(21-25-15-13-24(2)14-16-25)19-17-26-20-32-29-12-8-7-11-28(26)29/h4-16,20,32H,3,17-19,21-23H2,1-2H3. The highest BCUT2D eigenvalue weighted by Gasteiger charge is 2.22. The normalized spacial score (nSPS) is 10.9. The van der Waals surface area contributed by atoms with Crippen LogP contribution in [0.3, 0.4) is 0 Å². The highest BCUT2D eigenvalue weighted by Crippen LogP contribution is 2.19. The molecule has 6 nitrogen and oxygen atoms in total. The predicted octanol–water partition coefficient (Wildman–Crippen LogP) is 5.37. The average molecular weight is 498 g/mol. The average Bonchev–Trinajstić information content (AvgIpc) is 3.34. The van der Waals surface area contributed by atoms with Gasteiger partial charge >= 0.3 is 0 Å². The second-order valence-corrected chi connectivity index (χ2v) is 9.33. The van der Waals surface area contributed by atoms with Gasteiger partial charge < -0.3 is 19.5 Å². The summed E-state index contributed by atoms with van der Waals surface area (Å²) in [6.07, 6.45) is 3.51. The van der Waals surface area contributed by atoms with Crippen molar-refractivity contribution in [2.45, 2.75) is 33.2 Å². The van der Waals surface area contributed by atoms with E-state index in [1.165, 1.54) is 16.5 Å². The number of fused-ring (bicyclic) bond motifs is 1. The zero-order valence-corrected chi connectivity index (χ0v) is 21.7. The minimum Gasteiger partial charge on any atom is -0.484 e. The van der Waals surface area contributed by atoms with Crippen LogP contribution in [0.2, 0.25) is 0 Å². The molecule has 0 saturated heterocycles. The number of aryl methyl sites for hydroxylation is 1. The Morgan fingerprint density at radius 2 is 1.57 bits per heavy atom. The third kappa shape index (κ3) is 7.23. The fourth-order valence-electron chi connectivity index (χ4n) is 4.38. The molecular weight excluding hydrogens is 462 g/mol. The van der Waals surface area contributed by atoms with Crippen molar-refractivity contribution in [3.8, 4) is 5.75 Å². The van der Waals surface area contributed by atoms with Gasteiger partial charge in [0, 0.05) is 36.7 Å². The summed E-state index contributed by atoms with van der Waals surface area (Å²) in [5, 5.41) is 1.17. The van der Waals surface area contributed by atoms with E-state index in [9.17, 15) is 9.59 Å². The minimum absolute atomic E-state index is 0.0323. The number of amides is 2. The Kier molecular flexibility index (Phi) is 8.98. The van der Waals surface area contributed by atoms with E-state index in [2.05, 4.69) is 48.3 Å². The van der Waals surface area contributed by atoms with Gasteiger partial charge in [-0.3, -0.25) is 9.59 Å². The highest BCUT2D eigenvalue weighted by atomic mass is 16.5. The number of ether oxygens (including phenoxy) is 1. The van der Waals surface area contributed by atoms with Crippen LogP contribution in [-0.4, -0.2) is 52.8 Å². The molecule has 0 aliphatic heterocycles. The SMILES string of the molecule is CCCN(CC(=O)N(CCc1c[nH]c2ccccc12)Cc1ccc(C)cc1)C(=O)COc1ccccc1. The molecule has 3 aromatic carbocycles. The summed E-state index contributed by atoms with van der Waals surface area (Å²) in [5.74, 6) is 0.381. The third-order valence-corrected chi connectivity index (χ3v) is 6.45. The predicted molar refractivity (Wildman–Crippen MR) is 147 cm³/mol. The maximum Gasteiger partial charge on any atom is 0.260 e. The molecule has 0 spiro atoms. The van der Waals surface area contributed by atoms with E-state index in [-0.39, 0.29) is 25.0 Å². The summed E-state index contributed by atoms with van der Waals surface area (Å²) >= 11 is 0. The van der Waals surface area contributed by atoms with Crippen LogP contribution in [0, 0.1) is 6.92 Å². The fourth-order valence-corrected chi connectivity index (χ4v) is 4.38. The highest BCUT2D eigenvalue weighted by molar-refractivity contribution is 5.86. The van der Waals surface area contributed by atoms with Crippen molar-refractivity contribution in [2.75, 3.05) is 26.2 Å². The van der Waals surface area contributed by atoms with Crippen LogP contribution < -0.4 is 4.74 Å². The van der Waals surface area contributed by atoms with Gasteiger partial charge in [0.2, 0.25) is 5.91 Å². The van der Waals surface area contributed by atoms with Crippen LogP contribution in [0.25, 0.3) is 10.9 Å². The molecule has 0 fully saturated rings. The van der Waals surface area contributed by atoms with Gasteiger partial charge in [0.1, 0.15) is 5.75 Å². The van der Waals surface area contributed by atoms with Crippen molar-refractivity contribution in [3.05, 3.63) is 102 Å². The van der Waals surface area contributed by atoms with E-state index < -0.39 is 0 Å². The number of benzene rings is 3. The number of aromatic nitrogens is 1. The van der Waals surface area contributed by atoms with E-state index in [4.69, 9.17) is 4.74 Å². The Morgan fingerprint density at radius 3 is 2.32 bits per heavy atom. The molecule has 192 valence electrons. The first kappa shape index (κ1) is 26.0. The van der Waals surface area contributed by atoms with Gasteiger partial charge in [-0.25, -0.2) is 0 Å². The fraction of sp³-hybridized carbons (Fsp3) is 0.290. The molecule has 0 saturated carbocycles. The molecule has 4 aromatic rings. The zero-order valence-electron chi connectivity index (χ0n) is 21.7. The van der Waals surface area contributed by atoms with Gasteiger partial charge in [0.05, 0.1) is 6.54 Å². The maximum atomic E-state index is 13.6. The Labute approximate surface area is 218 Å². The summed E-state index contributed by atoms with van der Waals surface area (Å²) in [7, 11) is 0. The summed E-state index contributed by atoms with van der Waals surface area (Å²) in [6, 6.07) is 25.7. The number of nitrogens with one attached hydrogen (secondary N) is 1. The summed E-state index contributed by atoms with van der Waals surface area (Å²) < 4.78 is 5.66. The van der Waals surface area contributed by atoms with E-state index in [0.29, 0.717) is 25.4 Å². The maximum absolute atomic E-state index is 13.6. The molecule has 2 amide bonds. The monoisotopic (exact) mass is 497 g/mol. The van der Waals surface area contributed by atoms with E-state index in [1.54, 1.807) is 4.90 Å². The Balaban J connectivity index is 1.46. The van der Waals surface area contributed by atoms with Crippen molar-refractivity contribution >= 4 is 22.7 Å². The molecule has 37 heavy (non-hydrogen) atoms. The second kappa shape index (κ2) is 12.8. The lowest BCUT2D eigenvalue weighted by Crippen LogP contribution is -2.45. The van der Waals surface area contributed by atoms with Crippen LogP contribution in [0.1, 0.15) is 30.0 Å². The van der Waals surface area contributed by atoms with Gasteiger partial charge in [0.15, 0.2) is 6.61 Å². The minimum atomic E-state index is -0.189. The Bertz CT molecular complexity index is 1300. The molecule has 4 rings (SSSR count). The molecule has 0 radical (unpaired) electrons. The first-order valence-electron chi connectivity index (χ1n) is 12.9. The second-order valence-electron chi connectivity index (χ2n) is 9.33. The molecule has 0 unspecified atom stereocenters. The van der Waals surface area contributed by atoms with Crippen molar-refractivity contribution in [3.63, 3.8) is 0 Å². The van der Waals surface area contributed by atoms with Crippen LogP contribution in [-0.2, 0) is 22.6 Å². The summed E-state index contributed by atoms with van der Waals surface area (Å²) in [4.78, 5) is 33.4. The molecule has 0 bridgehead atoms. The van der Waals surface area contributed by atoms with E-state index in [1.807, 2.05) is 60.5 Å². The number of aromatic amines is 1. The number of carbonyl (C=O) groups is 2. The van der Waals surface area contributed by atoms with Crippen molar-refractivity contribution in [1.82, 2.24) is 14.8 Å². The topological polar surface area (TPSA) is 65.6 Å². The lowest BCUT2D eigenvalue weighted by atomic mass is 10.1.